The van der Waals surface area contributed by atoms with Crippen LogP contribution in [0.2, 0.25) is 0 Å². The van der Waals surface area contributed by atoms with E-state index in [1.165, 1.54) is 13.1 Å². The second-order valence-electron chi connectivity index (χ2n) is 5.81. The third-order valence-corrected chi connectivity index (χ3v) is 3.63. The van der Waals surface area contributed by atoms with Crippen molar-refractivity contribution in [1.29, 1.82) is 0 Å². The molecule has 0 bridgehead atoms. The molecule has 0 aromatic carbocycles. The van der Waals surface area contributed by atoms with Gasteiger partial charge in [-0.3, -0.25) is 4.90 Å². The Bertz CT molecular complexity index is 169. The molecule has 3 atom stereocenters. The van der Waals surface area contributed by atoms with Gasteiger partial charge in [0, 0.05) is 25.7 Å². The SMILES string of the molecule is CC(C)CNCC(C)N1CC(C)C(C)C1. The highest BCUT2D eigenvalue weighted by atomic mass is 15.2. The highest BCUT2D eigenvalue weighted by Crippen LogP contribution is 2.23. The molecule has 2 heteroatoms. The fourth-order valence-corrected chi connectivity index (χ4v) is 2.24. The van der Waals surface area contributed by atoms with E-state index < -0.39 is 0 Å². The molecule has 1 aliphatic rings. The maximum absolute atomic E-state index is 3.55. The molecule has 90 valence electrons. The number of hydrogen-bond acceptors (Lipinski definition) is 2. The van der Waals surface area contributed by atoms with Crippen LogP contribution < -0.4 is 5.32 Å². The Labute approximate surface area is 95.4 Å². The lowest BCUT2D eigenvalue weighted by molar-refractivity contribution is 0.239. The Morgan fingerprint density at radius 1 is 1.07 bits per heavy atom. The van der Waals surface area contributed by atoms with E-state index in [0.717, 1.165) is 30.8 Å². The molecule has 1 heterocycles. The highest BCUT2D eigenvalue weighted by Gasteiger charge is 2.28. The average molecular weight is 212 g/mol. The molecule has 0 saturated carbocycles. The van der Waals surface area contributed by atoms with Gasteiger partial charge in [-0.15, -0.1) is 0 Å². The predicted octanol–water partition coefficient (Wildman–Crippen LogP) is 2.21. The first-order valence-electron chi connectivity index (χ1n) is 6.45. The van der Waals surface area contributed by atoms with Crippen molar-refractivity contribution in [3.8, 4) is 0 Å². The summed E-state index contributed by atoms with van der Waals surface area (Å²) in [5.41, 5.74) is 0. The first-order valence-corrected chi connectivity index (χ1v) is 6.45. The molecular formula is C13H28N2. The van der Waals surface area contributed by atoms with Crippen LogP contribution in [0.25, 0.3) is 0 Å². The lowest BCUT2D eigenvalue weighted by atomic mass is 10.0. The van der Waals surface area contributed by atoms with E-state index in [0.29, 0.717) is 6.04 Å². The maximum atomic E-state index is 3.55. The average Bonchev–Trinajstić information content (AvgIpc) is 2.46. The zero-order chi connectivity index (χ0) is 11.4. The third-order valence-electron chi connectivity index (χ3n) is 3.63. The van der Waals surface area contributed by atoms with Gasteiger partial charge in [-0.05, 0) is 31.2 Å². The number of nitrogens with one attached hydrogen (secondary N) is 1. The van der Waals surface area contributed by atoms with Crippen molar-refractivity contribution < 1.29 is 0 Å². The number of rotatable bonds is 5. The van der Waals surface area contributed by atoms with Gasteiger partial charge in [0.05, 0.1) is 0 Å². The monoisotopic (exact) mass is 212 g/mol. The van der Waals surface area contributed by atoms with E-state index in [1.54, 1.807) is 0 Å². The second-order valence-corrected chi connectivity index (χ2v) is 5.81. The van der Waals surface area contributed by atoms with Gasteiger partial charge in [0.25, 0.3) is 0 Å². The van der Waals surface area contributed by atoms with Crippen LogP contribution in [-0.4, -0.2) is 37.1 Å². The van der Waals surface area contributed by atoms with Gasteiger partial charge < -0.3 is 5.32 Å². The van der Waals surface area contributed by atoms with Crippen LogP contribution in [0.3, 0.4) is 0 Å². The molecule has 0 radical (unpaired) electrons. The molecule has 0 aromatic heterocycles. The van der Waals surface area contributed by atoms with Gasteiger partial charge in [-0.2, -0.15) is 0 Å². The Kier molecular flexibility index (Phi) is 5.07. The van der Waals surface area contributed by atoms with Crippen LogP contribution >= 0.6 is 0 Å². The second kappa shape index (κ2) is 5.86. The fourth-order valence-electron chi connectivity index (χ4n) is 2.24. The molecule has 3 unspecified atom stereocenters. The van der Waals surface area contributed by atoms with Crippen LogP contribution in [0.4, 0.5) is 0 Å². The summed E-state index contributed by atoms with van der Waals surface area (Å²) in [5.74, 6) is 2.50. The predicted molar refractivity (Wildman–Crippen MR) is 67.1 cm³/mol. The topological polar surface area (TPSA) is 15.3 Å². The van der Waals surface area contributed by atoms with Crippen molar-refractivity contribution >= 4 is 0 Å². The normalized spacial score (nSPS) is 30.0. The van der Waals surface area contributed by atoms with Crippen LogP contribution in [0.5, 0.6) is 0 Å². The maximum Gasteiger partial charge on any atom is 0.0192 e. The first-order chi connectivity index (χ1) is 7.00. The van der Waals surface area contributed by atoms with Crippen molar-refractivity contribution in [2.75, 3.05) is 26.2 Å². The van der Waals surface area contributed by atoms with Gasteiger partial charge in [-0.1, -0.05) is 27.7 Å². The van der Waals surface area contributed by atoms with Gasteiger partial charge >= 0.3 is 0 Å². The van der Waals surface area contributed by atoms with E-state index in [2.05, 4.69) is 44.8 Å². The number of nitrogens with zero attached hydrogens (tertiary/aromatic N) is 1. The Morgan fingerprint density at radius 2 is 1.60 bits per heavy atom. The molecule has 0 spiro atoms. The highest BCUT2D eigenvalue weighted by molar-refractivity contribution is 4.82. The molecule has 1 rings (SSSR count). The summed E-state index contributed by atoms with van der Waals surface area (Å²) in [7, 11) is 0. The standard InChI is InChI=1S/C13H28N2/c1-10(2)6-14-7-13(5)15-8-11(3)12(4)9-15/h10-14H,6-9H2,1-5H3. The minimum Gasteiger partial charge on any atom is -0.315 e. The summed E-state index contributed by atoms with van der Waals surface area (Å²) in [6, 6.07) is 0.691. The van der Waals surface area contributed by atoms with E-state index in [4.69, 9.17) is 0 Å². The number of hydrogen-bond donors (Lipinski definition) is 1. The largest absolute Gasteiger partial charge is 0.315 e. The molecule has 1 fully saturated rings. The minimum absolute atomic E-state index is 0.691. The van der Waals surface area contributed by atoms with Crippen molar-refractivity contribution in [2.24, 2.45) is 17.8 Å². The van der Waals surface area contributed by atoms with E-state index >= 15 is 0 Å². The van der Waals surface area contributed by atoms with Crippen molar-refractivity contribution in [1.82, 2.24) is 10.2 Å². The molecule has 0 aromatic rings. The molecule has 0 amide bonds. The molecular weight excluding hydrogens is 184 g/mol. The molecule has 1 aliphatic heterocycles. The molecule has 15 heavy (non-hydrogen) atoms. The molecule has 1 saturated heterocycles. The van der Waals surface area contributed by atoms with E-state index in [9.17, 15) is 0 Å². The lowest BCUT2D eigenvalue weighted by Gasteiger charge is -2.25. The Morgan fingerprint density at radius 3 is 2.07 bits per heavy atom. The van der Waals surface area contributed by atoms with E-state index in [-0.39, 0.29) is 0 Å². The molecule has 1 N–H and O–H groups in total. The number of likely N-dealkylation sites (tertiary alicyclic amines) is 1. The summed E-state index contributed by atoms with van der Waals surface area (Å²) in [6.45, 7) is 16.5. The summed E-state index contributed by atoms with van der Waals surface area (Å²) < 4.78 is 0. The van der Waals surface area contributed by atoms with Crippen molar-refractivity contribution in [2.45, 2.75) is 40.7 Å². The van der Waals surface area contributed by atoms with Crippen LogP contribution in [0, 0.1) is 17.8 Å². The molecule has 0 aliphatic carbocycles. The fraction of sp³-hybridized carbons (Fsp3) is 1.00. The summed E-state index contributed by atoms with van der Waals surface area (Å²) in [6.07, 6.45) is 0. The van der Waals surface area contributed by atoms with Crippen molar-refractivity contribution in [3.05, 3.63) is 0 Å². The smallest absolute Gasteiger partial charge is 0.0192 e. The summed E-state index contributed by atoms with van der Waals surface area (Å²) >= 11 is 0. The summed E-state index contributed by atoms with van der Waals surface area (Å²) in [4.78, 5) is 2.63. The Hall–Kier alpha value is -0.0800. The van der Waals surface area contributed by atoms with Crippen LogP contribution in [-0.2, 0) is 0 Å². The van der Waals surface area contributed by atoms with Gasteiger partial charge in [0.1, 0.15) is 0 Å². The zero-order valence-corrected chi connectivity index (χ0v) is 11.1. The van der Waals surface area contributed by atoms with Gasteiger partial charge in [-0.25, -0.2) is 0 Å². The quantitative estimate of drug-likeness (QED) is 0.751. The Balaban J connectivity index is 2.20. The van der Waals surface area contributed by atoms with Gasteiger partial charge in [0.2, 0.25) is 0 Å². The first kappa shape index (κ1) is 13.0. The van der Waals surface area contributed by atoms with Gasteiger partial charge in [0.15, 0.2) is 0 Å². The minimum atomic E-state index is 0.691. The zero-order valence-electron chi connectivity index (χ0n) is 11.1. The third kappa shape index (κ3) is 4.12. The summed E-state index contributed by atoms with van der Waals surface area (Å²) in [5, 5.41) is 3.55. The lowest BCUT2D eigenvalue weighted by Crippen LogP contribution is -2.40. The molecule has 2 nitrogen and oxygen atoms in total. The van der Waals surface area contributed by atoms with Crippen LogP contribution in [0.15, 0.2) is 0 Å². The van der Waals surface area contributed by atoms with E-state index in [1.807, 2.05) is 0 Å². The van der Waals surface area contributed by atoms with Crippen LogP contribution in [0.1, 0.15) is 34.6 Å². The van der Waals surface area contributed by atoms with Crippen molar-refractivity contribution in [3.63, 3.8) is 0 Å².